The number of benzene rings is 1. The molecule has 1 aliphatic heterocycles. The Kier molecular flexibility index (Phi) is 5.60. The van der Waals surface area contributed by atoms with Gasteiger partial charge < -0.3 is 9.53 Å². The number of rotatable bonds is 6. The fourth-order valence-corrected chi connectivity index (χ4v) is 2.93. The van der Waals surface area contributed by atoms with Crippen LogP contribution in [0.5, 0.6) is 5.75 Å². The minimum Gasteiger partial charge on any atom is -0.497 e. The van der Waals surface area contributed by atoms with Crippen molar-refractivity contribution in [3.05, 3.63) is 29.8 Å². The van der Waals surface area contributed by atoms with E-state index >= 15 is 0 Å². The highest BCUT2D eigenvalue weighted by atomic mass is 16.5. The van der Waals surface area contributed by atoms with Crippen LogP contribution in [0.15, 0.2) is 24.3 Å². The first-order valence-corrected chi connectivity index (χ1v) is 7.52. The maximum absolute atomic E-state index is 11.1. The van der Waals surface area contributed by atoms with Crippen LogP contribution in [0.1, 0.15) is 38.2 Å². The minimum absolute atomic E-state index is 0.317. The molecule has 2 rings (SSSR count). The van der Waals surface area contributed by atoms with Crippen molar-refractivity contribution >= 4 is 5.78 Å². The second kappa shape index (κ2) is 7.44. The van der Waals surface area contributed by atoms with E-state index in [9.17, 15) is 4.79 Å². The molecule has 1 saturated heterocycles. The molecular weight excluding hydrogens is 250 g/mol. The first-order valence-electron chi connectivity index (χ1n) is 7.52. The molecule has 0 spiro atoms. The molecule has 1 heterocycles. The molecule has 3 heteroatoms. The first kappa shape index (κ1) is 15.0. The summed E-state index contributed by atoms with van der Waals surface area (Å²) in [7, 11) is 1.69. The number of ether oxygens (including phenoxy) is 1. The maximum atomic E-state index is 11.1. The van der Waals surface area contributed by atoms with E-state index in [1.807, 2.05) is 12.1 Å². The number of carbonyl (C=O) groups excluding carboxylic acids is 1. The number of hydrogen-bond acceptors (Lipinski definition) is 3. The molecule has 0 saturated carbocycles. The van der Waals surface area contributed by atoms with E-state index in [1.54, 1.807) is 14.0 Å². The second-order valence-corrected chi connectivity index (χ2v) is 5.83. The number of methoxy groups -OCH3 is 1. The van der Waals surface area contributed by atoms with E-state index in [-0.39, 0.29) is 0 Å². The average Bonchev–Trinajstić information content (AvgIpc) is 2.46. The fraction of sp³-hybridized carbons (Fsp3) is 0.588. The van der Waals surface area contributed by atoms with Crippen molar-refractivity contribution in [2.24, 2.45) is 5.92 Å². The number of ketones is 1. The van der Waals surface area contributed by atoms with Crippen LogP contribution >= 0.6 is 0 Å². The fourth-order valence-electron chi connectivity index (χ4n) is 2.93. The van der Waals surface area contributed by atoms with Crippen LogP contribution in [-0.2, 0) is 11.3 Å². The van der Waals surface area contributed by atoms with Crippen molar-refractivity contribution in [3.8, 4) is 5.75 Å². The van der Waals surface area contributed by atoms with Crippen molar-refractivity contribution in [1.82, 2.24) is 4.90 Å². The van der Waals surface area contributed by atoms with E-state index in [0.717, 1.165) is 31.7 Å². The predicted molar refractivity (Wildman–Crippen MR) is 80.9 cm³/mol. The smallest absolute Gasteiger partial charge is 0.129 e. The van der Waals surface area contributed by atoms with Gasteiger partial charge in [0, 0.05) is 19.5 Å². The van der Waals surface area contributed by atoms with E-state index in [4.69, 9.17) is 4.74 Å². The summed E-state index contributed by atoms with van der Waals surface area (Å²) in [5.74, 6) is 1.91. The summed E-state index contributed by atoms with van der Waals surface area (Å²) in [6.07, 6.45) is 4.31. The van der Waals surface area contributed by atoms with Gasteiger partial charge in [-0.3, -0.25) is 4.90 Å². The third-order valence-electron chi connectivity index (χ3n) is 4.07. The SMILES string of the molecule is COc1ccc(CN2CCCC(CCC(C)=O)C2)cc1. The predicted octanol–water partition coefficient (Wildman–Crippen LogP) is 3.28. The largest absolute Gasteiger partial charge is 0.497 e. The molecule has 0 amide bonds. The van der Waals surface area contributed by atoms with E-state index in [2.05, 4.69) is 17.0 Å². The number of nitrogens with zero attached hydrogens (tertiary/aromatic N) is 1. The van der Waals surface area contributed by atoms with Gasteiger partial charge in [0.15, 0.2) is 0 Å². The van der Waals surface area contributed by atoms with E-state index < -0.39 is 0 Å². The lowest BCUT2D eigenvalue weighted by Gasteiger charge is -2.32. The van der Waals surface area contributed by atoms with E-state index in [1.165, 1.54) is 24.9 Å². The second-order valence-electron chi connectivity index (χ2n) is 5.83. The Hall–Kier alpha value is -1.35. The number of piperidine rings is 1. The zero-order chi connectivity index (χ0) is 14.4. The van der Waals surface area contributed by atoms with Crippen LogP contribution < -0.4 is 4.74 Å². The third-order valence-corrected chi connectivity index (χ3v) is 4.07. The molecule has 0 radical (unpaired) electrons. The van der Waals surface area contributed by atoms with Crippen molar-refractivity contribution in [1.29, 1.82) is 0 Å². The molecule has 1 aromatic carbocycles. The summed E-state index contributed by atoms with van der Waals surface area (Å²) in [6.45, 7) is 4.99. The van der Waals surface area contributed by atoms with Crippen molar-refractivity contribution < 1.29 is 9.53 Å². The molecule has 0 aliphatic carbocycles. The third kappa shape index (κ3) is 4.64. The summed E-state index contributed by atoms with van der Waals surface area (Å²) in [4.78, 5) is 13.6. The zero-order valence-corrected chi connectivity index (χ0v) is 12.6. The van der Waals surface area contributed by atoms with Gasteiger partial charge in [-0.25, -0.2) is 0 Å². The lowest BCUT2D eigenvalue weighted by Crippen LogP contribution is -2.35. The van der Waals surface area contributed by atoms with Crippen LogP contribution in [-0.4, -0.2) is 30.9 Å². The number of likely N-dealkylation sites (tertiary alicyclic amines) is 1. The number of carbonyl (C=O) groups is 1. The van der Waals surface area contributed by atoms with Crippen LogP contribution in [0.4, 0.5) is 0 Å². The highest BCUT2D eigenvalue weighted by Gasteiger charge is 2.20. The minimum atomic E-state index is 0.317. The monoisotopic (exact) mass is 275 g/mol. The molecule has 0 bridgehead atoms. The van der Waals surface area contributed by atoms with Crippen molar-refractivity contribution in [3.63, 3.8) is 0 Å². The Bertz CT molecular complexity index is 427. The van der Waals surface area contributed by atoms with Crippen LogP contribution in [0.3, 0.4) is 0 Å². The Balaban J connectivity index is 1.83. The summed E-state index contributed by atoms with van der Waals surface area (Å²) in [5, 5.41) is 0. The van der Waals surface area contributed by atoms with Gasteiger partial charge >= 0.3 is 0 Å². The van der Waals surface area contributed by atoms with Gasteiger partial charge in [-0.05, 0) is 56.3 Å². The highest BCUT2D eigenvalue weighted by Crippen LogP contribution is 2.23. The van der Waals surface area contributed by atoms with Gasteiger partial charge in [0.25, 0.3) is 0 Å². The topological polar surface area (TPSA) is 29.5 Å². The average molecular weight is 275 g/mol. The van der Waals surface area contributed by atoms with Gasteiger partial charge in [-0.1, -0.05) is 12.1 Å². The number of Topliss-reactive ketones (excluding diaryl/α,β-unsaturated/α-hetero) is 1. The van der Waals surface area contributed by atoms with Crippen LogP contribution in [0, 0.1) is 5.92 Å². The van der Waals surface area contributed by atoms with Crippen molar-refractivity contribution in [2.75, 3.05) is 20.2 Å². The molecule has 0 aromatic heterocycles. The van der Waals surface area contributed by atoms with Crippen LogP contribution in [0.25, 0.3) is 0 Å². The summed E-state index contributed by atoms with van der Waals surface area (Å²) in [6, 6.07) is 8.31. The molecule has 1 aliphatic rings. The summed E-state index contributed by atoms with van der Waals surface area (Å²) < 4.78 is 5.19. The quantitative estimate of drug-likeness (QED) is 0.798. The van der Waals surface area contributed by atoms with Gasteiger partial charge in [0.05, 0.1) is 7.11 Å². The Morgan fingerprint density at radius 1 is 1.35 bits per heavy atom. The van der Waals surface area contributed by atoms with Crippen molar-refractivity contribution in [2.45, 2.75) is 39.2 Å². The normalized spacial score (nSPS) is 19.8. The molecule has 3 nitrogen and oxygen atoms in total. The molecule has 1 aromatic rings. The molecular formula is C17H25NO2. The Morgan fingerprint density at radius 2 is 2.10 bits per heavy atom. The Labute approximate surface area is 121 Å². The number of hydrogen-bond donors (Lipinski definition) is 0. The van der Waals surface area contributed by atoms with Gasteiger partial charge in [-0.15, -0.1) is 0 Å². The molecule has 20 heavy (non-hydrogen) atoms. The van der Waals surface area contributed by atoms with Crippen LogP contribution in [0.2, 0.25) is 0 Å². The maximum Gasteiger partial charge on any atom is 0.129 e. The lowest BCUT2D eigenvalue weighted by atomic mass is 9.92. The highest BCUT2D eigenvalue weighted by molar-refractivity contribution is 5.75. The molecule has 1 atom stereocenters. The first-order chi connectivity index (χ1) is 9.67. The Morgan fingerprint density at radius 3 is 2.75 bits per heavy atom. The van der Waals surface area contributed by atoms with E-state index in [0.29, 0.717) is 11.7 Å². The molecule has 1 unspecified atom stereocenters. The lowest BCUT2D eigenvalue weighted by molar-refractivity contribution is -0.117. The van der Waals surface area contributed by atoms with Gasteiger partial charge in [0.2, 0.25) is 0 Å². The van der Waals surface area contributed by atoms with Gasteiger partial charge in [0.1, 0.15) is 11.5 Å². The molecule has 1 fully saturated rings. The summed E-state index contributed by atoms with van der Waals surface area (Å²) >= 11 is 0. The summed E-state index contributed by atoms with van der Waals surface area (Å²) in [5.41, 5.74) is 1.33. The molecule has 0 N–H and O–H groups in total. The standard InChI is InChI=1S/C17H25NO2/c1-14(19)5-6-15-4-3-11-18(12-15)13-16-7-9-17(20-2)10-8-16/h7-10,15H,3-6,11-13H2,1-2H3. The molecule has 110 valence electrons. The zero-order valence-electron chi connectivity index (χ0n) is 12.6. The van der Waals surface area contributed by atoms with Gasteiger partial charge in [-0.2, -0.15) is 0 Å².